The van der Waals surface area contributed by atoms with E-state index in [9.17, 15) is 13.2 Å². The second-order valence-electron chi connectivity index (χ2n) is 7.13. The monoisotopic (exact) mass is 406 g/mol. The van der Waals surface area contributed by atoms with Gasteiger partial charge in [-0.25, -0.2) is 4.98 Å². The number of anilines is 3. The van der Waals surface area contributed by atoms with Gasteiger partial charge >= 0.3 is 6.36 Å². The van der Waals surface area contributed by atoms with Crippen LogP contribution in [0.4, 0.5) is 30.6 Å². The summed E-state index contributed by atoms with van der Waals surface area (Å²) in [6.07, 6.45) is 2.63. The Balaban J connectivity index is 1.58. The number of hydrogen-bond acceptors (Lipinski definition) is 6. The maximum Gasteiger partial charge on any atom is 0.573 e. The number of benzene rings is 1. The summed E-state index contributed by atoms with van der Waals surface area (Å²) >= 11 is 0. The Morgan fingerprint density at radius 2 is 1.93 bits per heavy atom. The first-order valence-corrected chi connectivity index (χ1v) is 9.48. The lowest BCUT2D eigenvalue weighted by atomic mass is 9.95. The lowest BCUT2D eigenvalue weighted by Gasteiger charge is -2.23. The average molecular weight is 406 g/mol. The zero-order valence-electron chi connectivity index (χ0n) is 15.8. The van der Waals surface area contributed by atoms with Gasteiger partial charge in [-0.2, -0.15) is 9.97 Å². The van der Waals surface area contributed by atoms with Gasteiger partial charge in [-0.3, -0.25) is 0 Å². The number of nitrogens with zero attached hydrogens (tertiary/aromatic N) is 3. The normalized spacial score (nSPS) is 15.4. The molecule has 0 saturated heterocycles. The molecule has 0 unspecified atom stereocenters. The highest BCUT2D eigenvalue weighted by molar-refractivity contribution is 5.84. The number of halogens is 3. The molecule has 0 atom stereocenters. The SMILES string of the molecule is Cc1cc(OC(F)(F)F)ccc1Nc1nc(NC2CCCCC2)c2[nH]cnc2n1. The zero-order chi connectivity index (χ0) is 20.4. The topological polar surface area (TPSA) is 87.8 Å². The van der Waals surface area contributed by atoms with Crippen molar-refractivity contribution < 1.29 is 17.9 Å². The number of alkyl halides is 3. The Kier molecular flexibility index (Phi) is 5.16. The first-order chi connectivity index (χ1) is 13.9. The summed E-state index contributed by atoms with van der Waals surface area (Å²) in [7, 11) is 0. The molecule has 3 N–H and O–H groups in total. The van der Waals surface area contributed by atoms with E-state index in [4.69, 9.17) is 0 Å². The summed E-state index contributed by atoms with van der Waals surface area (Å²) in [6, 6.07) is 4.41. The maximum atomic E-state index is 12.4. The van der Waals surface area contributed by atoms with E-state index < -0.39 is 6.36 Å². The van der Waals surface area contributed by atoms with Gasteiger partial charge in [0, 0.05) is 11.7 Å². The van der Waals surface area contributed by atoms with Crippen LogP contribution in [0.25, 0.3) is 11.2 Å². The van der Waals surface area contributed by atoms with Crippen molar-refractivity contribution in [1.29, 1.82) is 0 Å². The van der Waals surface area contributed by atoms with Crippen LogP contribution in [0.3, 0.4) is 0 Å². The summed E-state index contributed by atoms with van der Waals surface area (Å²) < 4.78 is 41.2. The third kappa shape index (κ3) is 4.69. The molecular formula is C19H21F3N6O. The Bertz CT molecular complexity index is 997. The molecule has 29 heavy (non-hydrogen) atoms. The van der Waals surface area contributed by atoms with Crippen LogP contribution in [0.2, 0.25) is 0 Å². The number of aromatic nitrogens is 4. The number of hydrogen-bond donors (Lipinski definition) is 3. The van der Waals surface area contributed by atoms with E-state index in [2.05, 4.69) is 35.3 Å². The standard InChI is InChI=1S/C19H21F3N6O/c1-11-9-13(29-19(20,21)22)7-8-14(11)26-18-27-16-15(23-10-24-16)17(28-18)25-12-5-3-2-4-6-12/h7-10,12H,2-6H2,1H3,(H3,23,24,25,26,27,28). The highest BCUT2D eigenvalue weighted by Crippen LogP contribution is 2.29. The zero-order valence-corrected chi connectivity index (χ0v) is 15.8. The molecule has 10 heteroatoms. The van der Waals surface area contributed by atoms with Crippen LogP contribution in [-0.4, -0.2) is 32.3 Å². The van der Waals surface area contributed by atoms with Crippen molar-refractivity contribution in [2.24, 2.45) is 0 Å². The Morgan fingerprint density at radius 3 is 2.66 bits per heavy atom. The minimum atomic E-state index is -4.73. The summed E-state index contributed by atoms with van der Waals surface area (Å²) in [5.74, 6) is 0.705. The smallest absolute Gasteiger partial charge is 0.406 e. The molecule has 2 aromatic heterocycles. The number of fused-ring (bicyclic) bond motifs is 1. The number of aryl methyl sites for hydroxylation is 1. The maximum absolute atomic E-state index is 12.4. The molecule has 3 aromatic rings. The van der Waals surface area contributed by atoms with Crippen LogP contribution in [0.1, 0.15) is 37.7 Å². The molecule has 154 valence electrons. The van der Waals surface area contributed by atoms with E-state index >= 15 is 0 Å². The molecule has 1 aliphatic rings. The van der Waals surface area contributed by atoms with E-state index in [1.54, 1.807) is 13.3 Å². The van der Waals surface area contributed by atoms with Crippen LogP contribution < -0.4 is 15.4 Å². The predicted molar refractivity (Wildman–Crippen MR) is 103 cm³/mol. The van der Waals surface area contributed by atoms with E-state index in [1.165, 1.54) is 37.5 Å². The molecule has 0 amide bonds. The Hall–Kier alpha value is -3.04. The second-order valence-corrected chi connectivity index (χ2v) is 7.13. The fourth-order valence-corrected chi connectivity index (χ4v) is 3.53. The fraction of sp³-hybridized carbons (Fsp3) is 0.421. The molecule has 1 aromatic carbocycles. The summed E-state index contributed by atoms with van der Waals surface area (Å²) in [5.41, 5.74) is 2.39. The minimum Gasteiger partial charge on any atom is -0.406 e. The van der Waals surface area contributed by atoms with Gasteiger partial charge in [0.2, 0.25) is 5.95 Å². The molecule has 2 heterocycles. The van der Waals surface area contributed by atoms with Gasteiger partial charge in [0.1, 0.15) is 11.3 Å². The van der Waals surface area contributed by atoms with Crippen molar-refractivity contribution in [2.45, 2.75) is 51.4 Å². The third-order valence-electron chi connectivity index (χ3n) is 4.91. The van der Waals surface area contributed by atoms with Gasteiger partial charge in [0.25, 0.3) is 0 Å². The Labute approximate surface area is 165 Å². The van der Waals surface area contributed by atoms with Gasteiger partial charge in [0.15, 0.2) is 11.5 Å². The van der Waals surface area contributed by atoms with E-state index in [0.717, 1.165) is 18.4 Å². The predicted octanol–water partition coefficient (Wildman–Crippen LogP) is 5.05. The number of nitrogens with one attached hydrogen (secondary N) is 3. The van der Waals surface area contributed by atoms with E-state index in [-0.39, 0.29) is 5.75 Å². The third-order valence-corrected chi connectivity index (χ3v) is 4.91. The van der Waals surface area contributed by atoms with Crippen molar-refractivity contribution in [3.05, 3.63) is 30.1 Å². The number of rotatable bonds is 5. The number of aromatic amines is 1. The van der Waals surface area contributed by atoms with Crippen molar-refractivity contribution in [3.63, 3.8) is 0 Å². The van der Waals surface area contributed by atoms with Crippen LogP contribution in [0, 0.1) is 6.92 Å². The van der Waals surface area contributed by atoms with Crippen LogP contribution in [0.15, 0.2) is 24.5 Å². The molecule has 1 saturated carbocycles. The van der Waals surface area contributed by atoms with Crippen molar-refractivity contribution in [2.75, 3.05) is 10.6 Å². The van der Waals surface area contributed by atoms with Gasteiger partial charge in [-0.05, 0) is 43.5 Å². The highest BCUT2D eigenvalue weighted by atomic mass is 19.4. The van der Waals surface area contributed by atoms with Crippen molar-refractivity contribution in [1.82, 2.24) is 19.9 Å². The molecule has 0 spiro atoms. The molecule has 1 fully saturated rings. The molecule has 4 rings (SSSR count). The van der Waals surface area contributed by atoms with E-state index in [0.29, 0.717) is 34.7 Å². The summed E-state index contributed by atoms with van der Waals surface area (Å²) in [4.78, 5) is 16.2. The number of imidazole rings is 1. The lowest BCUT2D eigenvalue weighted by Crippen LogP contribution is -2.23. The number of ether oxygens (including phenoxy) is 1. The van der Waals surface area contributed by atoms with Crippen LogP contribution >= 0.6 is 0 Å². The van der Waals surface area contributed by atoms with Gasteiger partial charge in [0.05, 0.1) is 6.33 Å². The molecule has 0 aliphatic heterocycles. The van der Waals surface area contributed by atoms with E-state index in [1.807, 2.05) is 0 Å². The van der Waals surface area contributed by atoms with Crippen molar-refractivity contribution in [3.8, 4) is 5.75 Å². The molecule has 0 radical (unpaired) electrons. The van der Waals surface area contributed by atoms with Gasteiger partial charge < -0.3 is 20.4 Å². The largest absolute Gasteiger partial charge is 0.573 e. The Morgan fingerprint density at radius 1 is 1.14 bits per heavy atom. The highest BCUT2D eigenvalue weighted by Gasteiger charge is 2.31. The molecule has 1 aliphatic carbocycles. The first kappa shape index (κ1) is 19.3. The minimum absolute atomic E-state index is 0.274. The van der Waals surface area contributed by atoms with Gasteiger partial charge in [-0.15, -0.1) is 13.2 Å². The van der Waals surface area contributed by atoms with Gasteiger partial charge in [-0.1, -0.05) is 19.3 Å². The summed E-state index contributed by atoms with van der Waals surface area (Å²) in [6.45, 7) is 1.68. The molecule has 7 nitrogen and oxygen atoms in total. The van der Waals surface area contributed by atoms with Crippen LogP contribution in [-0.2, 0) is 0 Å². The average Bonchev–Trinajstić information content (AvgIpc) is 3.12. The second kappa shape index (κ2) is 7.76. The molecule has 0 bridgehead atoms. The lowest BCUT2D eigenvalue weighted by molar-refractivity contribution is -0.274. The molecular weight excluding hydrogens is 385 g/mol. The van der Waals surface area contributed by atoms with Crippen molar-refractivity contribution >= 4 is 28.6 Å². The fourth-order valence-electron chi connectivity index (χ4n) is 3.53. The summed E-state index contributed by atoms with van der Waals surface area (Å²) in [5, 5.41) is 6.55. The quantitative estimate of drug-likeness (QED) is 0.550. The first-order valence-electron chi connectivity index (χ1n) is 9.48. The number of H-pyrrole nitrogens is 1. The van der Waals surface area contributed by atoms with Crippen LogP contribution in [0.5, 0.6) is 5.75 Å².